The molecule has 0 bridgehead atoms. The van der Waals surface area contributed by atoms with E-state index >= 15 is 0 Å². The third kappa shape index (κ3) is 4.20. The van der Waals surface area contributed by atoms with Crippen LogP contribution in [0, 0.1) is 6.92 Å². The number of hydrogen-bond donors (Lipinski definition) is 1. The highest BCUT2D eigenvalue weighted by molar-refractivity contribution is 5.72. The quantitative estimate of drug-likeness (QED) is 0.829. The van der Waals surface area contributed by atoms with Gasteiger partial charge in [-0.25, -0.2) is 0 Å². The first kappa shape index (κ1) is 15.3. The summed E-state index contributed by atoms with van der Waals surface area (Å²) < 4.78 is 10.3. The molecule has 1 N–H and O–H groups in total. The average molecular weight is 287 g/mol. The Balaban J connectivity index is 2.01. The predicted molar refractivity (Wildman–Crippen MR) is 80.9 cm³/mol. The van der Waals surface area contributed by atoms with Crippen LogP contribution in [0.3, 0.4) is 0 Å². The topological polar surface area (TPSA) is 51.5 Å². The Kier molecular flexibility index (Phi) is 5.17. The molecule has 2 aromatic rings. The van der Waals surface area contributed by atoms with E-state index in [-0.39, 0.29) is 12.0 Å². The third-order valence-corrected chi connectivity index (χ3v) is 3.47. The standard InChI is InChI=1S/C17H21NO3/c1-12-8-9-16(21-12)13(2)18-11-15-7-5-4-6-14(15)10-17(19)20-3/h4-9,13,18H,10-11H2,1-3H3. The molecule has 1 aromatic carbocycles. The van der Waals surface area contributed by atoms with E-state index in [1.807, 2.05) is 43.3 Å². The van der Waals surface area contributed by atoms with Gasteiger partial charge in [0.2, 0.25) is 0 Å². The molecule has 1 unspecified atom stereocenters. The van der Waals surface area contributed by atoms with Crippen molar-refractivity contribution in [3.8, 4) is 0 Å². The molecular weight excluding hydrogens is 266 g/mol. The molecule has 21 heavy (non-hydrogen) atoms. The number of carbonyl (C=O) groups is 1. The summed E-state index contributed by atoms with van der Waals surface area (Å²) in [7, 11) is 1.41. The first-order valence-corrected chi connectivity index (χ1v) is 7.03. The van der Waals surface area contributed by atoms with Crippen LogP contribution >= 0.6 is 0 Å². The van der Waals surface area contributed by atoms with Crippen LogP contribution in [0.2, 0.25) is 0 Å². The van der Waals surface area contributed by atoms with Crippen LogP contribution < -0.4 is 5.32 Å². The molecule has 0 saturated carbocycles. The highest BCUT2D eigenvalue weighted by Crippen LogP contribution is 2.17. The second kappa shape index (κ2) is 7.09. The van der Waals surface area contributed by atoms with Crippen molar-refractivity contribution in [2.75, 3.05) is 7.11 Å². The second-order valence-electron chi connectivity index (χ2n) is 5.07. The molecule has 0 fully saturated rings. The van der Waals surface area contributed by atoms with Gasteiger partial charge in [-0.15, -0.1) is 0 Å². The van der Waals surface area contributed by atoms with Crippen molar-refractivity contribution in [2.24, 2.45) is 0 Å². The molecule has 1 heterocycles. The number of hydrogen-bond acceptors (Lipinski definition) is 4. The number of carbonyl (C=O) groups excluding carboxylic acids is 1. The van der Waals surface area contributed by atoms with E-state index in [9.17, 15) is 4.79 Å². The molecule has 112 valence electrons. The second-order valence-corrected chi connectivity index (χ2v) is 5.07. The number of esters is 1. The smallest absolute Gasteiger partial charge is 0.309 e. The van der Waals surface area contributed by atoms with Gasteiger partial charge < -0.3 is 14.5 Å². The van der Waals surface area contributed by atoms with Gasteiger partial charge in [-0.2, -0.15) is 0 Å². The van der Waals surface area contributed by atoms with Crippen molar-refractivity contribution in [1.29, 1.82) is 0 Å². The molecule has 0 spiro atoms. The summed E-state index contributed by atoms with van der Waals surface area (Å²) in [6.45, 7) is 4.66. The molecule has 1 aromatic heterocycles. The highest BCUT2D eigenvalue weighted by Gasteiger charge is 2.11. The Bertz CT molecular complexity index is 604. The van der Waals surface area contributed by atoms with Crippen LogP contribution in [-0.2, 0) is 22.5 Å². The summed E-state index contributed by atoms with van der Waals surface area (Å²) in [6, 6.07) is 11.9. The monoisotopic (exact) mass is 287 g/mol. The lowest BCUT2D eigenvalue weighted by Gasteiger charge is -2.14. The molecule has 0 amide bonds. The molecule has 0 radical (unpaired) electrons. The van der Waals surface area contributed by atoms with Gasteiger partial charge in [-0.1, -0.05) is 24.3 Å². The maximum atomic E-state index is 11.4. The van der Waals surface area contributed by atoms with Gasteiger partial charge in [0.25, 0.3) is 0 Å². The number of methoxy groups -OCH3 is 1. The van der Waals surface area contributed by atoms with Crippen molar-refractivity contribution >= 4 is 5.97 Å². The molecule has 1 atom stereocenters. The number of aryl methyl sites for hydroxylation is 1. The Labute approximate surface area is 125 Å². The number of benzene rings is 1. The minimum atomic E-state index is -0.225. The van der Waals surface area contributed by atoms with Crippen LogP contribution in [0.15, 0.2) is 40.8 Å². The fourth-order valence-electron chi connectivity index (χ4n) is 2.18. The van der Waals surface area contributed by atoms with Gasteiger partial charge in [0.1, 0.15) is 11.5 Å². The van der Waals surface area contributed by atoms with Gasteiger partial charge >= 0.3 is 5.97 Å². The average Bonchev–Trinajstić information content (AvgIpc) is 2.92. The van der Waals surface area contributed by atoms with Crippen LogP contribution in [0.1, 0.15) is 35.6 Å². The SMILES string of the molecule is COC(=O)Cc1ccccc1CNC(C)c1ccc(C)o1. The van der Waals surface area contributed by atoms with Gasteiger partial charge in [0.15, 0.2) is 0 Å². The molecule has 0 saturated heterocycles. The largest absolute Gasteiger partial charge is 0.469 e. The Morgan fingerprint density at radius 3 is 2.57 bits per heavy atom. The van der Waals surface area contributed by atoms with Crippen LogP contribution in [0.4, 0.5) is 0 Å². The first-order chi connectivity index (χ1) is 10.1. The number of nitrogens with one attached hydrogen (secondary N) is 1. The lowest BCUT2D eigenvalue weighted by molar-refractivity contribution is -0.139. The summed E-state index contributed by atoms with van der Waals surface area (Å²) in [5, 5.41) is 3.41. The lowest BCUT2D eigenvalue weighted by Crippen LogP contribution is -2.19. The minimum absolute atomic E-state index is 0.116. The van der Waals surface area contributed by atoms with Crippen LogP contribution in [0.25, 0.3) is 0 Å². The van der Waals surface area contributed by atoms with E-state index in [0.29, 0.717) is 13.0 Å². The normalized spacial score (nSPS) is 12.1. The van der Waals surface area contributed by atoms with Crippen LogP contribution in [0.5, 0.6) is 0 Å². The number of ether oxygens (including phenoxy) is 1. The fourth-order valence-corrected chi connectivity index (χ4v) is 2.18. The minimum Gasteiger partial charge on any atom is -0.469 e. The first-order valence-electron chi connectivity index (χ1n) is 7.03. The summed E-state index contributed by atoms with van der Waals surface area (Å²) in [5.74, 6) is 1.60. The Hall–Kier alpha value is -2.07. The van der Waals surface area contributed by atoms with Crippen molar-refractivity contribution in [3.63, 3.8) is 0 Å². The zero-order valence-electron chi connectivity index (χ0n) is 12.7. The lowest BCUT2D eigenvalue weighted by atomic mass is 10.0. The van der Waals surface area contributed by atoms with E-state index in [1.54, 1.807) is 0 Å². The molecule has 2 rings (SSSR count). The van der Waals surface area contributed by atoms with E-state index in [4.69, 9.17) is 9.15 Å². The van der Waals surface area contributed by atoms with Gasteiger partial charge in [0.05, 0.1) is 19.6 Å². The van der Waals surface area contributed by atoms with Gasteiger partial charge in [-0.3, -0.25) is 4.79 Å². The summed E-state index contributed by atoms with van der Waals surface area (Å²) in [5.41, 5.74) is 2.08. The predicted octanol–water partition coefficient (Wildman–Crippen LogP) is 3.15. The molecule has 4 heteroatoms. The molecule has 4 nitrogen and oxygen atoms in total. The molecular formula is C17H21NO3. The third-order valence-electron chi connectivity index (χ3n) is 3.47. The van der Waals surface area contributed by atoms with Gasteiger partial charge in [-0.05, 0) is 37.1 Å². The Morgan fingerprint density at radius 2 is 1.95 bits per heavy atom. The maximum Gasteiger partial charge on any atom is 0.309 e. The van der Waals surface area contributed by atoms with Crippen molar-refractivity contribution in [2.45, 2.75) is 32.9 Å². The van der Waals surface area contributed by atoms with Crippen molar-refractivity contribution < 1.29 is 13.9 Å². The molecule has 0 aliphatic heterocycles. The van der Waals surface area contributed by atoms with Crippen molar-refractivity contribution in [1.82, 2.24) is 5.32 Å². The summed E-state index contributed by atoms with van der Waals surface area (Å²) in [4.78, 5) is 11.4. The van der Waals surface area contributed by atoms with E-state index in [2.05, 4.69) is 12.2 Å². The van der Waals surface area contributed by atoms with E-state index < -0.39 is 0 Å². The van der Waals surface area contributed by atoms with Crippen molar-refractivity contribution in [3.05, 3.63) is 59.0 Å². The van der Waals surface area contributed by atoms with Crippen LogP contribution in [-0.4, -0.2) is 13.1 Å². The zero-order valence-corrected chi connectivity index (χ0v) is 12.7. The maximum absolute atomic E-state index is 11.4. The zero-order chi connectivity index (χ0) is 15.2. The fraction of sp³-hybridized carbons (Fsp3) is 0.353. The molecule has 0 aliphatic carbocycles. The number of rotatable bonds is 6. The highest BCUT2D eigenvalue weighted by atomic mass is 16.5. The summed E-state index contributed by atoms with van der Waals surface area (Å²) in [6.07, 6.45) is 0.294. The Morgan fingerprint density at radius 1 is 1.24 bits per heavy atom. The number of furan rings is 1. The van der Waals surface area contributed by atoms with E-state index in [1.165, 1.54) is 7.11 Å². The summed E-state index contributed by atoms with van der Waals surface area (Å²) >= 11 is 0. The van der Waals surface area contributed by atoms with Gasteiger partial charge in [0, 0.05) is 6.54 Å². The van der Waals surface area contributed by atoms with E-state index in [0.717, 1.165) is 22.6 Å². The molecule has 0 aliphatic rings.